The summed E-state index contributed by atoms with van der Waals surface area (Å²) in [4.78, 5) is 0. The molecular formula is C7H13IO. The van der Waals surface area contributed by atoms with E-state index in [4.69, 9.17) is 4.74 Å². The van der Waals surface area contributed by atoms with Crippen molar-refractivity contribution in [3.05, 3.63) is 0 Å². The van der Waals surface area contributed by atoms with E-state index in [1.54, 1.807) is 0 Å². The topological polar surface area (TPSA) is 9.23 Å². The Balaban J connectivity index is 2.35. The van der Waals surface area contributed by atoms with E-state index >= 15 is 0 Å². The lowest BCUT2D eigenvalue weighted by molar-refractivity contribution is 0.0155. The molecule has 0 amide bonds. The van der Waals surface area contributed by atoms with Crippen LogP contribution < -0.4 is 0 Å². The van der Waals surface area contributed by atoms with E-state index in [1.807, 2.05) is 0 Å². The van der Waals surface area contributed by atoms with Crippen LogP contribution in [0.25, 0.3) is 0 Å². The van der Waals surface area contributed by atoms with Crippen molar-refractivity contribution in [2.45, 2.75) is 36.2 Å². The van der Waals surface area contributed by atoms with E-state index in [0.717, 1.165) is 6.61 Å². The average Bonchev–Trinajstić information content (AvgIpc) is 1.78. The zero-order valence-electron chi connectivity index (χ0n) is 5.98. The SMILES string of the molecule is CC1CCC(C)(I)CO1. The van der Waals surface area contributed by atoms with Crippen LogP contribution in [0.2, 0.25) is 0 Å². The summed E-state index contributed by atoms with van der Waals surface area (Å²) in [6.45, 7) is 5.32. The van der Waals surface area contributed by atoms with Crippen molar-refractivity contribution >= 4 is 22.6 Å². The van der Waals surface area contributed by atoms with Gasteiger partial charge in [0, 0.05) is 3.42 Å². The van der Waals surface area contributed by atoms with Crippen molar-refractivity contribution in [2.75, 3.05) is 6.61 Å². The molecule has 1 rings (SSSR count). The number of ether oxygens (including phenoxy) is 1. The van der Waals surface area contributed by atoms with Crippen LogP contribution >= 0.6 is 22.6 Å². The van der Waals surface area contributed by atoms with Crippen LogP contribution in [0.1, 0.15) is 26.7 Å². The molecule has 0 aliphatic carbocycles. The molecule has 0 saturated carbocycles. The zero-order chi connectivity index (χ0) is 6.91. The Labute approximate surface area is 70.3 Å². The van der Waals surface area contributed by atoms with E-state index in [-0.39, 0.29) is 0 Å². The first kappa shape index (κ1) is 7.79. The molecule has 0 aromatic rings. The Bertz CT molecular complexity index is 91.1. The van der Waals surface area contributed by atoms with Gasteiger partial charge in [-0.15, -0.1) is 0 Å². The lowest BCUT2D eigenvalue weighted by Crippen LogP contribution is -2.32. The number of rotatable bonds is 0. The summed E-state index contributed by atoms with van der Waals surface area (Å²) in [5, 5.41) is 0. The molecule has 54 valence electrons. The highest BCUT2D eigenvalue weighted by molar-refractivity contribution is 14.1. The summed E-state index contributed by atoms with van der Waals surface area (Å²) in [6, 6.07) is 0. The van der Waals surface area contributed by atoms with E-state index in [0.29, 0.717) is 9.53 Å². The Kier molecular flexibility index (Phi) is 2.37. The first-order valence-corrected chi connectivity index (χ1v) is 4.48. The normalized spacial score (nSPS) is 45.0. The molecule has 1 heterocycles. The molecule has 0 bridgehead atoms. The maximum atomic E-state index is 5.49. The number of hydrogen-bond donors (Lipinski definition) is 0. The van der Waals surface area contributed by atoms with Crippen LogP contribution in [0.3, 0.4) is 0 Å². The van der Waals surface area contributed by atoms with Crippen molar-refractivity contribution in [3.8, 4) is 0 Å². The molecule has 1 nitrogen and oxygen atoms in total. The first-order chi connectivity index (χ1) is 4.10. The van der Waals surface area contributed by atoms with E-state index in [1.165, 1.54) is 12.8 Å². The largest absolute Gasteiger partial charge is 0.377 e. The molecule has 9 heavy (non-hydrogen) atoms. The average molecular weight is 240 g/mol. The molecule has 0 aromatic heterocycles. The molecule has 2 atom stereocenters. The third-order valence-corrected chi connectivity index (χ3v) is 2.59. The molecule has 1 aliphatic rings. The zero-order valence-corrected chi connectivity index (χ0v) is 8.14. The maximum Gasteiger partial charge on any atom is 0.0613 e. The number of halogens is 1. The fourth-order valence-corrected chi connectivity index (χ4v) is 1.47. The van der Waals surface area contributed by atoms with Crippen molar-refractivity contribution in [2.24, 2.45) is 0 Å². The van der Waals surface area contributed by atoms with Gasteiger partial charge in [0.15, 0.2) is 0 Å². The fraction of sp³-hybridized carbons (Fsp3) is 1.00. The lowest BCUT2D eigenvalue weighted by Gasteiger charge is -2.31. The van der Waals surface area contributed by atoms with Gasteiger partial charge in [-0.1, -0.05) is 22.6 Å². The van der Waals surface area contributed by atoms with Gasteiger partial charge < -0.3 is 4.74 Å². The standard InChI is InChI=1S/C7H13IO/c1-6-3-4-7(2,8)5-9-6/h6H,3-5H2,1-2H3. The molecule has 1 saturated heterocycles. The predicted molar refractivity (Wildman–Crippen MR) is 47.1 cm³/mol. The maximum absolute atomic E-state index is 5.49. The van der Waals surface area contributed by atoms with Crippen molar-refractivity contribution in [1.82, 2.24) is 0 Å². The highest BCUT2D eigenvalue weighted by atomic mass is 127. The van der Waals surface area contributed by atoms with Crippen LogP contribution in [0.15, 0.2) is 0 Å². The van der Waals surface area contributed by atoms with Crippen molar-refractivity contribution in [1.29, 1.82) is 0 Å². The third-order valence-electron chi connectivity index (χ3n) is 1.74. The van der Waals surface area contributed by atoms with E-state index < -0.39 is 0 Å². The quantitative estimate of drug-likeness (QED) is 0.466. The molecule has 2 unspecified atom stereocenters. The molecule has 0 spiro atoms. The minimum atomic E-state index is 0.407. The van der Waals surface area contributed by atoms with Crippen LogP contribution in [-0.4, -0.2) is 16.1 Å². The molecule has 0 radical (unpaired) electrons. The van der Waals surface area contributed by atoms with Gasteiger partial charge >= 0.3 is 0 Å². The van der Waals surface area contributed by atoms with Crippen LogP contribution in [0.4, 0.5) is 0 Å². The minimum Gasteiger partial charge on any atom is -0.377 e. The lowest BCUT2D eigenvalue weighted by atomic mass is 10.0. The third kappa shape index (κ3) is 2.42. The molecule has 0 aromatic carbocycles. The molecule has 1 aliphatic heterocycles. The second-order valence-corrected chi connectivity index (χ2v) is 5.68. The van der Waals surface area contributed by atoms with Gasteiger partial charge in [0.05, 0.1) is 12.7 Å². The Morgan fingerprint density at radius 3 is 2.67 bits per heavy atom. The summed E-state index contributed by atoms with van der Waals surface area (Å²) in [5.74, 6) is 0. The van der Waals surface area contributed by atoms with Gasteiger partial charge in [0.2, 0.25) is 0 Å². The fourth-order valence-electron chi connectivity index (χ4n) is 0.976. The molecular weight excluding hydrogens is 227 g/mol. The smallest absolute Gasteiger partial charge is 0.0613 e. The second-order valence-electron chi connectivity index (χ2n) is 3.07. The summed E-state index contributed by atoms with van der Waals surface area (Å²) in [7, 11) is 0. The minimum absolute atomic E-state index is 0.407. The molecule has 0 N–H and O–H groups in total. The van der Waals surface area contributed by atoms with Gasteiger partial charge in [0.25, 0.3) is 0 Å². The van der Waals surface area contributed by atoms with E-state index in [2.05, 4.69) is 36.4 Å². The summed E-state index contributed by atoms with van der Waals surface area (Å²) >= 11 is 2.48. The number of hydrogen-bond acceptors (Lipinski definition) is 1. The predicted octanol–water partition coefficient (Wildman–Crippen LogP) is 2.38. The van der Waals surface area contributed by atoms with Gasteiger partial charge in [0.1, 0.15) is 0 Å². The monoisotopic (exact) mass is 240 g/mol. The van der Waals surface area contributed by atoms with E-state index in [9.17, 15) is 0 Å². The summed E-state index contributed by atoms with van der Waals surface area (Å²) in [5.41, 5.74) is 0. The second kappa shape index (κ2) is 2.74. The van der Waals surface area contributed by atoms with Crippen LogP contribution in [0.5, 0.6) is 0 Å². The van der Waals surface area contributed by atoms with Gasteiger partial charge in [-0.05, 0) is 26.7 Å². The van der Waals surface area contributed by atoms with Gasteiger partial charge in [-0.25, -0.2) is 0 Å². The van der Waals surface area contributed by atoms with Crippen LogP contribution in [-0.2, 0) is 4.74 Å². The van der Waals surface area contributed by atoms with Gasteiger partial charge in [-0.2, -0.15) is 0 Å². The Hall–Kier alpha value is 0.690. The Morgan fingerprint density at radius 1 is 1.67 bits per heavy atom. The van der Waals surface area contributed by atoms with Crippen LogP contribution in [0, 0.1) is 0 Å². The highest BCUT2D eigenvalue weighted by Gasteiger charge is 2.26. The summed E-state index contributed by atoms with van der Waals surface area (Å²) in [6.07, 6.45) is 3.02. The van der Waals surface area contributed by atoms with Gasteiger partial charge in [-0.3, -0.25) is 0 Å². The highest BCUT2D eigenvalue weighted by Crippen LogP contribution is 2.30. The molecule has 1 fully saturated rings. The first-order valence-electron chi connectivity index (χ1n) is 3.41. The van der Waals surface area contributed by atoms with Crippen molar-refractivity contribution < 1.29 is 4.74 Å². The van der Waals surface area contributed by atoms with Crippen molar-refractivity contribution in [3.63, 3.8) is 0 Å². The Morgan fingerprint density at radius 2 is 2.33 bits per heavy atom. The molecule has 2 heteroatoms. The summed E-state index contributed by atoms with van der Waals surface area (Å²) < 4.78 is 5.89. The number of alkyl halides is 1.